The SMILES string of the molecule is C=C1CC(COc2ccc(C(=O)Oc3ccc(-c4ccccc4)cc3)cc2)OC1=O. The van der Waals surface area contributed by atoms with E-state index in [2.05, 4.69) is 6.58 Å². The van der Waals surface area contributed by atoms with Crippen LogP contribution < -0.4 is 9.47 Å². The van der Waals surface area contributed by atoms with Crippen LogP contribution in [0.15, 0.2) is 91.0 Å². The fourth-order valence-corrected chi connectivity index (χ4v) is 3.12. The van der Waals surface area contributed by atoms with Gasteiger partial charge in [0.1, 0.15) is 24.2 Å². The van der Waals surface area contributed by atoms with E-state index in [-0.39, 0.29) is 18.7 Å². The minimum absolute atomic E-state index is 0.238. The fourth-order valence-electron chi connectivity index (χ4n) is 3.12. The molecule has 3 aromatic rings. The van der Waals surface area contributed by atoms with Crippen LogP contribution in [0, 0.1) is 0 Å². The second-order valence-corrected chi connectivity index (χ2v) is 6.95. The monoisotopic (exact) mass is 400 g/mol. The standard InChI is InChI=1S/C25H20O5/c1-17-15-23(30-24(17)26)16-28-21-11-9-20(10-12-21)25(27)29-22-13-7-19(8-14-22)18-5-3-2-4-6-18/h2-14,23H,1,15-16H2. The highest BCUT2D eigenvalue weighted by molar-refractivity contribution is 5.91. The minimum Gasteiger partial charge on any atom is -0.490 e. The predicted octanol–water partition coefficient (Wildman–Crippen LogP) is 4.82. The first kappa shape index (κ1) is 19.5. The van der Waals surface area contributed by atoms with Gasteiger partial charge in [-0.25, -0.2) is 9.59 Å². The molecule has 1 aliphatic heterocycles. The fraction of sp³-hybridized carbons (Fsp3) is 0.120. The number of carbonyl (C=O) groups is 2. The Bertz CT molecular complexity index is 1040. The summed E-state index contributed by atoms with van der Waals surface area (Å²) in [6, 6.07) is 24.0. The van der Waals surface area contributed by atoms with Gasteiger partial charge in [-0.15, -0.1) is 0 Å². The zero-order valence-corrected chi connectivity index (χ0v) is 16.2. The second-order valence-electron chi connectivity index (χ2n) is 6.95. The number of rotatable bonds is 6. The number of benzene rings is 3. The molecule has 1 fully saturated rings. The van der Waals surface area contributed by atoms with E-state index in [4.69, 9.17) is 14.2 Å². The molecule has 150 valence electrons. The highest BCUT2D eigenvalue weighted by atomic mass is 16.6. The summed E-state index contributed by atoms with van der Waals surface area (Å²) in [5, 5.41) is 0. The molecule has 0 spiro atoms. The van der Waals surface area contributed by atoms with Crippen LogP contribution >= 0.6 is 0 Å². The van der Waals surface area contributed by atoms with Crippen molar-refractivity contribution in [3.05, 3.63) is 96.6 Å². The van der Waals surface area contributed by atoms with Crippen LogP contribution in [0.1, 0.15) is 16.8 Å². The Morgan fingerprint density at radius 1 is 0.900 bits per heavy atom. The van der Waals surface area contributed by atoms with Gasteiger partial charge in [0.05, 0.1) is 5.56 Å². The Kier molecular flexibility index (Phi) is 5.61. The molecule has 1 unspecified atom stereocenters. The van der Waals surface area contributed by atoms with E-state index in [0.29, 0.717) is 29.1 Å². The Balaban J connectivity index is 1.32. The molecule has 1 heterocycles. The number of carbonyl (C=O) groups excluding carboxylic acids is 2. The van der Waals surface area contributed by atoms with Crippen LogP contribution in [-0.4, -0.2) is 24.6 Å². The molecule has 0 aliphatic carbocycles. The van der Waals surface area contributed by atoms with E-state index in [0.717, 1.165) is 11.1 Å². The first-order valence-corrected chi connectivity index (χ1v) is 9.58. The maximum absolute atomic E-state index is 12.4. The third-order valence-electron chi connectivity index (χ3n) is 4.73. The lowest BCUT2D eigenvalue weighted by Crippen LogP contribution is -2.17. The van der Waals surface area contributed by atoms with Crippen molar-refractivity contribution < 1.29 is 23.8 Å². The van der Waals surface area contributed by atoms with Gasteiger partial charge in [0.2, 0.25) is 0 Å². The average Bonchev–Trinajstić information content (AvgIpc) is 3.11. The molecule has 1 aliphatic rings. The van der Waals surface area contributed by atoms with Crippen LogP contribution in [0.2, 0.25) is 0 Å². The summed E-state index contributed by atoms with van der Waals surface area (Å²) in [6.07, 6.45) is 0.139. The third kappa shape index (κ3) is 4.58. The van der Waals surface area contributed by atoms with Crippen molar-refractivity contribution >= 4 is 11.9 Å². The number of cyclic esters (lactones) is 1. The molecule has 0 aromatic heterocycles. The second kappa shape index (κ2) is 8.66. The zero-order chi connectivity index (χ0) is 20.9. The lowest BCUT2D eigenvalue weighted by molar-refractivity contribution is -0.139. The Morgan fingerprint density at radius 2 is 1.53 bits per heavy atom. The van der Waals surface area contributed by atoms with Gasteiger partial charge in [-0.1, -0.05) is 49.0 Å². The summed E-state index contributed by atoms with van der Waals surface area (Å²) in [7, 11) is 0. The molecule has 4 rings (SSSR count). The zero-order valence-electron chi connectivity index (χ0n) is 16.2. The number of ether oxygens (including phenoxy) is 3. The maximum Gasteiger partial charge on any atom is 0.343 e. The Hall–Kier alpha value is -3.86. The van der Waals surface area contributed by atoms with Gasteiger partial charge >= 0.3 is 11.9 Å². The van der Waals surface area contributed by atoms with Gasteiger partial charge in [0, 0.05) is 12.0 Å². The van der Waals surface area contributed by atoms with Crippen LogP contribution in [0.4, 0.5) is 0 Å². The van der Waals surface area contributed by atoms with Crippen molar-refractivity contribution in [3.8, 4) is 22.6 Å². The van der Waals surface area contributed by atoms with Crippen molar-refractivity contribution in [2.75, 3.05) is 6.61 Å². The van der Waals surface area contributed by atoms with Crippen molar-refractivity contribution in [3.63, 3.8) is 0 Å². The molecule has 0 bridgehead atoms. The summed E-state index contributed by atoms with van der Waals surface area (Å²) in [4.78, 5) is 23.7. The van der Waals surface area contributed by atoms with Crippen LogP contribution in [0.3, 0.4) is 0 Å². The largest absolute Gasteiger partial charge is 0.490 e. The molecule has 30 heavy (non-hydrogen) atoms. The molecule has 0 radical (unpaired) electrons. The van der Waals surface area contributed by atoms with E-state index in [9.17, 15) is 9.59 Å². The highest BCUT2D eigenvalue weighted by Gasteiger charge is 2.27. The van der Waals surface area contributed by atoms with Crippen molar-refractivity contribution in [1.82, 2.24) is 0 Å². The molecule has 0 N–H and O–H groups in total. The van der Waals surface area contributed by atoms with Crippen LogP contribution in [-0.2, 0) is 9.53 Å². The molecule has 5 heteroatoms. The Labute approximate surface area is 174 Å². The van der Waals surface area contributed by atoms with Gasteiger partial charge in [0.15, 0.2) is 0 Å². The summed E-state index contributed by atoms with van der Waals surface area (Å²) >= 11 is 0. The summed E-state index contributed by atoms with van der Waals surface area (Å²) in [5.74, 6) is 0.226. The quantitative estimate of drug-likeness (QED) is 0.337. The summed E-state index contributed by atoms with van der Waals surface area (Å²) in [5.41, 5.74) is 3.02. The lowest BCUT2D eigenvalue weighted by Gasteiger charge is -2.11. The number of hydrogen-bond donors (Lipinski definition) is 0. The van der Waals surface area contributed by atoms with Crippen LogP contribution in [0.25, 0.3) is 11.1 Å². The number of esters is 2. The van der Waals surface area contributed by atoms with E-state index in [1.807, 2.05) is 42.5 Å². The first-order chi connectivity index (χ1) is 14.6. The summed E-state index contributed by atoms with van der Waals surface area (Å²) < 4.78 is 16.2. The van der Waals surface area contributed by atoms with Gasteiger partial charge in [-0.05, 0) is 47.5 Å². The maximum atomic E-state index is 12.4. The molecule has 0 saturated carbocycles. The Morgan fingerprint density at radius 3 is 2.17 bits per heavy atom. The molecule has 0 amide bonds. The number of hydrogen-bond acceptors (Lipinski definition) is 5. The van der Waals surface area contributed by atoms with E-state index in [1.54, 1.807) is 36.4 Å². The van der Waals surface area contributed by atoms with Gasteiger partial charge in [-0.2, -0.15) is 0 Å². The topological polar surface area (TPSA) is 61.8 Å². The molecule has 5 nitrogen and oxygen atoms in total. The minimum atomic E-state index is -0.449. The normalized spacial score (nSPS) is 15.5. The van der Waals surface area contributed by atoms with Gasteiger partial charge in [0.25, 0.3) is 0 Å². The van der Waals surface area contributed by atoms with E-state index < -0.39 is 5.97 Å². The van der Waals surface area contributed by atoms with Crippen molar-refractivity contribution in [1.29, 1.82) is 0 Å². The van der Waals surface area contributed by atoms with E-state index in [1.165, 1.54) is 0 Å². The predicted molar refractivity (Wildman–Crippen MR) is 112 cm³/mol. The average molecular weight is 400 g/mol. The van der Waals surface area contributed by atoms with Gasteiger partial charge < -0.3 is 14.2 Å². The molecule has 1 atom stereocenters. The molecular weight excluding hydrogens is 380 g/mol. The molecular formula is C25H20O5. The van der Waals surface area contributed by atoms with Crippen LogP contribution in [0.5, 0.6) is 11.5 Å². The highest BCUT2D eigenvalue weighted by Crippen LogP contribution is 2.23. The first-order valence-electron chi connectivity index (χ1n) is 9.58. The van der Waals surface area contributed by atoms with Crippen molar-refractivity contribution in [2.24, 2.45) is 0 Å². The smallest absolute Gasteiger partial charge is 0.343 e. The lowest BCUT2D eigenvalue weighted by atomic mass is 10.1. The summed E-state index contributed by atoms with van der Waals surface area (Å²) in [6.45, 7) is 3.88. The molecule has 3 aromatic carbocycles. The third-order valence-corrected chi connectivity index (χ3v) is 4.73. The van der Waals surface area contributed by atoms with E-state index >= 15 is 0 Å². The van der Waals surface area contributed by atoms with Gasteiger partial charge in [-0.3, -0.25) is 0 Å². The molecule has 1 saturated heterocycles. The van der Waals surface area contributed by atoms with Crippen molar-refractivity contribution in [2.45, 2.75) is 12.5 Å².